The normalized spacial score (nSPS) is 26.9. The molecule has 1 aromatic rings. The van der Waals surface area contributed by atoms with E-state index in [-0.39, 0.29) is 5.91 Å². The fourth-order valence-corrected chi connectivity index (χ4v) is 2.73. The number of hydrogen-bond acceptors (Lipinski definition) is 3. The summed E-state index contributed by atoms with van der Waals surface area (Å²) >= 11 is 0. The van der Waals surface area contributed by atoms with Crippen molar-refractivity contribution in [2.75, 3.05) is 11.9 Å². The second-order valence-corrected chi connectivity index (χ2v) is 5.54. The molecule has 1 aromatic heterocycles. The number of carbonyl (C=O) groups excluding carboxylic acids is 1. The van der Waals surface area contributed by atoms with Crippen molar-refractivity contribution >= 4 is 11.6 Å². The molecule has 4 heteroatoms. The van der Waals surface area contributed by atoms with Gasteiger partial charge in [0.25, 0.3) is 0 Å². The standard InChI is InChI=1S/C15H23N3O/c1-11-4-3-5-14(12(11)2)17-10-15(19)18-13-6-8-16-9-7-13/h6-9,11-12,14,17H,3-5,10H2,1-2H3,(H,16,18,19)/t11-,12-,14+/m1/s1. The molecule has 0 radical (unpaired) electrons. The fourth-order valence-electron chi connectivity index (χ4n) is 2.73. The van der Waals surface area contributed by atoms with E-state index in [9.17, 15) is 4.79 Å². The first-order valence-corrected chi connectivity index (χ1v) is 7.10. The first kappa shape index (κ1) is 14.0. The summed E-state index contributed by atoms with van der Waals surface area (Å²) in [6.45, 7) is 4.96. The van der Waals surface area contributed by atoms with Gasteiger partial charge in [0.05, 0.1) is 6.54 Å². The number of pyridine rings is 1. The van der Waals surface area contributed by atoms with E-state index in [4.69, 9.17) is 0 Å². The third-order valence-corrected chi connectivity index (χ3v) is 4.20. The lowest BCUT2D eigenvalue weighted by Gasteiger charge is -2.34. The Morgan fingerprint density at radius 1 is 1.32 bits per heavy atom. The largest absolute Gasteiger partial charge is 0.325 e. The van der Waals surface area contributed by atoms with Gasteiger partial charge in [-0.2, -0.15) is 0 Å². The van der Waals surface area contributed by atoms with E-state index < -0.39 is 0 Å². The summed E-state index contributed by atoms with van der Waals surface area (Å²) in [5, 5.41) is 6.26. The predicted octanol–water partition coefficient (Wildman–Crippen LogP) is 2.43. The van der Waals surface area contributed by atoms with Gasteiger partial charge in [0.1, 0.15) is 0 Å². The number of carbonyl (C=O) groups is 1. The average molecular weight is 261 g/mol. The van der Waals surface area contributed by atoms with Gasteiger partial charge in [-0.25, -0.2) is 0 Å². The highest BCUT2D eigenvalue weighted by molar-refractivity contribution is 5.92. The molecule has 0 bridgehead atoms. The maximum atomic E-state index is 11.8. The first-order valence-electron chi connectivity index (χ1n) is 7.10. The average Bonchev–Trinajstić information content (AvgIpc) is 2.42. The molecule has 0 saturated heterocycles. The van der Waals surface area contributed by atoms with Crippen LogP contribution in [0, 0.1) is 11.8 Å². The molecule has 0 unspecified atom stereocenters. The van der Waals surface area contributed by atoms with Gasteiger partial charge in [0, 0.05) is 24.1 Å². The molecule has 1 saturated carbocycles. The highest BCUT2D eigenvalue weighted by atomic mass is 16.1. The SMILES string of the molecule is C[C@@H]1[C@H](C)CCC[C@@H]1NCC(=O)Nc1ccncc1. The van der Waals surface area contributed by atoms with Gasteiger partial charge in [0.15, 0.2) is 0 Å². The van der Waals surface area contributed by atoms with Gasteiger partial charge in [0.2, 0.25) is 5.91 Å². The molecule has 0 spiro atoms. The molecule has 2 N–H and O–H groups in total. The Morgan fingerprint density at radius 2 is 2.05 bits per heavy atom. The molecule has 0 aromatic carbocycles. The summed E-state index contributed by atoms with van der Waals surface area (Å²) in [4.78, 5) is 15.8. The minimum absolute atomic E-state index is 0.0108. The quantitative estimate of drug-likeness (QED) is 0.875. The zero-order valence-corrected chi connectivity index (χ0v) is 11.7. The Morgan fingerprint density at radius 3 is 2.79 bits per heavy atom. The van der Waals surface area contributed by atoms with Crippen LogP contribution in [0.3, 0.4) is 0 Å². The Balaban J connectivity index is 1.77. The molecule has 1 aliphatic carbocycles. The zero-order chi connectivity index (χ0) is 13.7. The van der Waals surface area contributed by atoms with E-state index in [1.54, 1.807) is 24.5 Å². The third kappa shape index (κ3) is 4.03. The Kier molecular flexibility index (Phi) is 4.91. The lowest BCUT2D eigenvalue weighted by molar-refractivity contribution is -0.115. The fraction of sp³-hybridized carbons (Fsp3) is 0.600. The predicted molar refractivity (Wildman–Crippen MR) is 76.8 cm³/mol. The van der Waals surface area contributed by atoms with Crippen molar-refractivity contribution in [1.82, 2.24) is 10.3 Å². The van der Waals surface area contributed by atoms with E-state index >= 15 is 0 Å². The lowest BCUT2D eigenvalue weighted by Crippen LogP contribution is -2.43. The van der Waals surface area contributed by atoms with Crippen LogP contribution >= 0.6 is 0 Å². The summed E-state index contributed by atoms with van der Waals surface area (Å²) in [6.07, 6.45) is 7.09. The molecule has 0 aliphatic heterocycles. The van der Waals surface area contributed by atoms with Gasteiger partial charge in [-0.05, 0) is 30.4 Å². The molecule has 2 rings (SSSR count). The first-order chi connectivity index (χ1) is 9.16. The number of rotatable bonds is 4. The van der Waals surface area contributed by atoms with Crippen molar-refractivity contribution < 1.29 is 4.79 Å². The van der Waals surface area contributed by atoms with Crippen molar-refractivity contribution in [2.45, 2.75) is 39.2 Å². The van der Waals surface area contributed by atoms with E-state index in [0.717, 1.165) is 11.6 Å². The summed E-state index contributed by atoms with van der Waals surface area (Å²) in [5.74, 6) is 1.40. The van der Waals surface area contributed by atoms with Gasteiger partial charge < -0.3 is 10.6 Å². The van der Waals surface area contributed by atoms with Gasteiger partial charge in [-0.1, -0.05) is 26.7 Å². The molecule has 1 heterocycles. The van der Waals surface area contributed by atoms with Crippen LogP contribution in [0.15, 0.2) is 24.5 Å². The summed E-state index contributed by atoms with van der Waals surface area (Å²) < 4.78 is 0. The summed E-state index contributed by atoms with van der Waals surface area (Å²) in [7, 11) is 0. The minimum atomic E-state index is 0.0108. The van der Waals surface area contributed by atoms with Crippen molar-refractivity contribution in [3.63, 3.8) is 0 Å². The Bertz CT molecular complexity index is 407. The second-order valence-electron chi connectivity index (χ2n) is 5.54. The molecular weight excluding hydrogens is 238 g/mol. The van der Waals surface area contributed by atoms with E-state index in [0.29, 0.717) is 18.5 Å². The van der Waals surface area contributed by atoms with Crippen molar-refractivity contribution in [1.29, 1.82) is 0 Å². The van der Waals surface area contributed by atoms with Crippen molar-refractivity contribution in [2.24, 2.45) is 11.8 Å². The Hall–Kier alpha value is -1.42. The number of hydrogen-bond donors (Lipinski definition) is 2. The van der Waals surface area contributed by atoms with Crippen LogP contribution in [0.2, 0.25) is 0 Å². The molecule has 1 fully saturated rings. The van der Waals surface area contributed by atoms with Crippen molar-refractivity contribution in [3.8, 4) is 0 Å². The molecule has 1 amide bonds. The van der Waals surface area contributed by atoms with Gasteiger partial charge >= 0.3 is 0 Å². The molecule has 4 nitrogen and oxygen atoms in total. The molecular formula is C15H23N3O. The highest BCUT2D eigenvalue weighted by Crippen LogP contribution is 2.29. The number of nitrogens with zero attached hydrogens (tertiary/aromatic N) is 1. The van der Waals surface area contributed by atoms with Crippen LogP contribution in [0.25, 0.3) is 0 Å². The number of amides is 1. The number of nitrogens with one attached hydrogen (secondary N) is 2. The maximum Gasteiger partial charge on any atom is 0.238 e. The lowest BCUT2D eigenvalue weighted by atomic mass is 9.78. The monoisotopic (exact) mass is 261 g/mol. The zero-order valence-electron chi connectivity index (χ0n) is 11.7. The maximum absolute atomic E-state index is 11.8. The van der Waals surface area contributed by atoms with E-state index in [2.05, 4.69) is 29.5 Å². The van der Waals surface area contributed by atoms with Crippen LogP contribution in [0.5, 0.6) is 0 Å². The van der Waals surface area contributed by atoms with Crippen LogP contribution < -0.4 is 10.6 Å². The third-order valence-electron chi connectivity index (χ3n) is 4.20. The van der Waals surface area contributed by atoms with Crippen LogP contribution in [0.1, 0.15) is 33.1 Å². The summed E-state index contributed by atoms with van der Waals surface area (Å²) in [6, 6.07) is 4.05. The molecule has 104 valence electrons. The van der Waals surface area contributed by atoms with E-state index in [1.807, 2.05) is 0 Å². The highest BCUT2D eigenvalue weighted by Gasteiger charge is 2.26. The molecule has 1 aliphatic rings. The molecule has 3 atom stereocenters. The van der Waals surface area contributed by atoms with Crippen molar-refractivity contribution in [3.05, 3.63) is 24.5 Å². The van der Waals surface area contributed by atoms with E-state index in [1.165, 1.54) is 19.3 Å². The van der Waals surface area contributed by atoms with Crippen LogP contribution in [0.4, 0.5) is 5.69 Å². The minimum Gasteiger partial charge on any atom is -0.325 e. The smallest absolute Gasteiger partial charge is 0.238 e. The topological polar surface area (TPSA) is 54.0 Å². The Labute approximate surface area is 115 Å². The van der Waals surface area contributed by atoms with Gasteiger partial charge in [-0.3, -0.25) is 9.78 Å². The van der Waals surface area contributed by atoms with Crippen LogP contribution in [-0.2, 0) is 4.79 Å². The second kappa shape index (κ2) is 6.66. The summed E-state index contributed by atoms with van der Waals surface area (Å²) in [5.41, 5.74) is 0.798. The molecule has 19 heavy (non-hydrogen) atoms. The number of anilines is 1. The van der Waals surface area contributed by atoms with Crippen LogP contribution in [-0.4, -0.2) is 23.5 Å². The number of aromatic nitrogens is 1. The van der Waals surface area contributed by atoms with Gasteiger partial charge in [-0.15, -0.1) is 0 Å².